The van der Waals surface area contributed by atoms with Crippen LogP contribution in [0.4, 0.5) is 5.69 Å². The lowest BCUT2D eigenvalue weighted by Crippen LogP contribution is -2.33. The molecule has 3 aromatic carbocycles. The van der Waals surface area contributed by atoms with Crippen molar-refractivity contribution in [2.75, 3.05) is 10.8 Å². The molecule has 0 aliphatic rings. The topological polar surface area (TPSA) is 74.7 Å². The summed E-state index contributed by atoms with van der Waals surface area (Å²) in [6, 6.07) is 18.5. The molecule has 7 heteroatoms. The van der Waals surface area contributed by atoms with Gasteiger partial charge in [0.25, 0.3) is 10.0 Å². The van der Waals surface area contributed by atoms with E-state index in [1.165, 1.54) is 24.3 Å². The van der Waals surface area contributed by atoms with Crippen molar-refractivity contribution in [1.29, 1.82) is 0 Å². The lowest BCUT2D eigenvalue weighted by molar-refractivity contribution is -0.136. The largest absolute Gasteiger partial charge is 0.481 e. The summed E-state index contributed by atoms with van der Waals surface area (Å²) >= 11 is 5.85. The van der Waals surface area contributed by atoms with Crippen LogP contribution in [-0.4, -0.2) is 26.0 Å². The lowest BCUT2D eigenvalue weighted by Gasteiger charge is -2.25. The van der Waals surface area contributed by atoms with Crippen LogP contribution in [0.15, 0.2) is 71.6 Å². The number of rotatable bonds is 6. The summed E-state index contributed by atoms with van der Waals surface area (Å²) in [5.74, 6) is -1.07. The maximum Gasteiger partial charge on any atom is 0.305 e. The number of nitrogens with zero attached hydrogens (tertiary/aromatic N) is 1. The van der Waals surface area contributed by atoms with Crippen molar-refractivity contribution in [1.82, 2.24) is 0 Å². The average Bonchev–Trinajstić information content (AvgIpc) is 2.62. The van der Waals surface area contributed by atoms with Gasteiger partial charge in [0.15, 0.2) is 0 Å². The van der Waals surface area contributed by atoms with Gasteiger partial charge in [-0.05, 0) is 35.7 Å². The molecule has 0 aromatic heterocycles. The third-order valence-corrected chi connectivity index (χ3v) is 6.05. The highest BCUT2D eigenvalue weighted by molar-refractivity contribution is 7.92. The number of carboxylic acids is 1. The van der Waals surface area contributed by atoms with Crippen molar-refractivity contribution >= 4 is 44.1 Å². The quantitative estimate of drug-likeness (QED) is 0.686. The van der Waals surface area contributed by atoms with Gasteiger partial charge in [-0.15, -0.1) is 0 Å². The van der Waals surface area contributed by atoms with Gasteiger partial charge in [-0.25, -0.2) is 8.42 Å². The summed E-state index contributed by atoms with van der Waals surface area (Å²) in [5, 5.41) is 11.1. The van der Waals surface area contributed by atoms with E-state index in [1.807, 2.05) is 30.3 Å². The van der Waals surface area contributed by atoms with E-state index in [-0.39, 0.29) is 17.9 Å². The first-order chi connectivity index (χ1) is 12.4. The lowest BCUT2D eigenvalue weighted by atomic mass is 10.1. The maximum atomic E-state index is 13.2. The van der Waals surface area contributed by atoms with Crippen LogP contribution in [-0.2, 0) is 14.8 Å². The number of fused-ring (bicyclic) bond motifs is 1. The van der Waals surface area contributed by atoms with Crippen LogP contribution in [0.25, 0.3) is 10.8 Å². The number of halogens is 1. The third kappa shape index (κ3) is 3.66. The van der Waals surface area contributed by atoms with Crippen molar-refractivity contribution in [3.05, 3.63) is 71.8 Å². The molecule has 0 spiro atoms. The number of carboxylic acid groups (broad SMARTS) is 1. The first-order valence-corrected chi connectivity index (χ1v) is 9.69. The standard InChI is InChI=1S/C19H16ClNO4S/c20-15-8-10-16(11-9-15)26(24,25)21(13-12-19(22)23)18-7-3-5-14-4-1-2-6-17(14)18/h1-11H,12-13H2,(H,22,23). The van der Waals surface area contributed by atoms with Crippen molar-refractivity contribution in [3.63, 3.8) is 0 Å². The first kappa shape index (κ1) is 18.2. The van der Waals surface area contributed by atoms with Crippen LogP contribution in [0.1, 0.15) is 6.42 Å². The highest BCUT2D eigenvalue weighted by Crippen LogP contribution is 2.31. The van der Waals surface area contributed by atoms with Gasteiger partial charge in [-0.1, -0.05) is 48.0 Å². The first-order valence-electron chi connectivity index (χ1n) is 7.87. The number of carbonyl (C=O) groups is 1. The Labute approximate surface area is 156 Å². The van der Waals surface area contributed by atoms with Crippen LogP contribution >= 0.6 is 11.6 Å². The summed E-state index contributed by atoms with van der Waals surface area (Å²) in [7, 11) is -3.95. The van der Waals surface area contributed by atoms with E-state index >= 15 is 0 Å². The fourth-order valence-electron chi connectivity index (χ4n) is 2.73. The minimum atomic E-state index is -3.95. The molecule has 1 N–H and O–H groups in total. The van der Waals surface area contributed by atoms with Crippen LogP contribution in [0.3, 0.4) is 0 Å². The van der Waals surface area contributed by atoms with Gasteiger partial charge in [-0.2, -0.15) is 0 Å². The fourth-order valence-corrected chi connectivity index (χ4v) is 4.34. The van der Waals surface area contributed by atoms with Gasteiger partial charge in [0.2, 0.25) is 0 Å². The van der Waals surface area contributed by atoms with Gasteiger partial charge in [-0.3, -0.25) is 9.10 Å². The molecule has 0 amide bonds. The van der Waals surface area contributed by atoms with Crippen molar-refractivity contribution in [2.45, 2.75) is 11.3 Å². The number of benzene rings is 3. The van der Waals surface area contributed by atoms with E-state index in [9.17, 15) is 13.2 Å². The Morgan fingerprint density at radius 1 is 0.962 bits per heavy atom. The second kappa shape index (κ2) is 7.35. The normalized spacial score (nSPS) is 11.4. The molecule has 0 saturated carbocycles. The summed E-state index contributed by atoms with van der Waals surface area (Å²) in [4.78, 5) is 11.1. The molecule has 0 unspecified atom stereocenters. The zero-order chi connectivity index (χ0) is 18.7. The molecular formula is C19H16ClNO4S. The summed E-state index contributed by atoms with van der Waals surface area (Å²) in [5.41, 5.74) is 0.444. The number of anilines is 1. The van der Waals surface area contributed by atoms with Gasteiger partial charge >= 0.3 is 5.97 Å². The molecule has 134 valence electrons. The monoisotopic (exact) mass is 389 g/mol. The molecule has 5 nitrogen and oxygen atoms in total. The van der Waals surface area contributed by atoms with Crippen molar-refractivity contribution in [3.8, 4) is 0 Å². The van der Waals surface area contributed by atoms with E-state index in [4.69, 9.17) is 16.7 Å². The number of sulfonamides is 1. The highest BCUT2D eigenvalue weighted by Gasteiger charge is 2.26. The third-order valence-electron chi connectivity index (χ3n) is 3.97. The number of hydrogen-bond donors (Lipinski definition) is 1. The molecule has 0 saturated heterocycles. The number of aliphatic carboxylic acids is 1. The molecule has 3 aromatic rings. The minimum Gasteiger partial charge on any atom is -0.481 e. The Balaban J connectivity index is 2.16. The molecular weight excluding hydrogens is 374 g/mol. The Hall–Kier alpha value is -2.57. The molecule has 0 bridgehead atoms. The van der Waals surface area contributed by atoms with E-state index in [0.717, 1.165) is 15.1 Å². The molecule has 0 fully saturated rings. The number of hydrogen-bond acceptors (Lipinski definition) is 3. The second-order valence-electron chi connectivity index (χ2n) is 5.67. The van der Waals surface area contributed by atoms with Crippen LogP contribution < -0.4 is 4.31 Å². The molecule has 0 heterocycles. The molecule has 0 radical (unpaired) electrons. The Morgan fingerprint density at radius 2 is 1.62 bits per heavy atom. The molecule has 3 rings (SSSR count). The smallest absolute Gasteiger partial charge is 0.305 e. The second-order valence-corrected chi connectivity index (χ2v) is 7.97. The van der Waals surface area contributed by atoms with Gasteiger partial charge in [0.05, 0.1) is 17.0 Å². The van der Waals surface area contributed by atoms with E-state index in [0.29, 0.717) is 10.7 Å². The van der Waals surface area contributed by atoms with Gasteiger partial charge < -0.3 is 5.11 Å². The Morgan fingerprint density at radius 3 is 2.31 bits per heavy atom. The van der Waals surface area contributed by atoms with Crippen LogP contribution in [0, 0.1) is 0 Å². The fraction of sp³-hybridized carbons (Fsp3) is 0.105. The molecule has 26 heavy (non-hydrogen) atoms. The van der Waals surface area contributed by atoms with Crippen molar-refractivity contribution in [2.24, 2.45) is 0 Å². The summed E-state index contributed by atoms with van der Waals surface area (Å²) < 4.78 is 27.5. The zero-order valence-electron chi connectivity index (χ0n) is 13.7. The molecule has 0 atom stereocenters. The predicted octanol–water partition coefficient (Wildman–Crippen LogP) is 4.16. The van der Waals surface area contributed by atoms with E-state index in [2.05, 4.69) is 0 Å². The maximum absolute atomic E-state index is 13.2. The van der Waals surface area contributed by atoms with E-state index < -0.39 is 16.0 Å². The summed E-state index contributed by atoms with van der Waals surface area (Å²) in [6.45, 7) is -0.172. The van der Waals surface area contributed by atoms with Gasteiger partial charge in [0.1, 0.15) is 0 Å². The minimum absolute atomic E-state index is 0.0558. The Kier molecular flexibility index (Phi) is 5.15. The van der Waals surface area contributed by atoms with Crippen LogP contribution in [0.2, 0.25) is 5.02 Å². The Bertz CT molecular complexity index is 1040. The van der Waals surface area contributed by atoms with E-state index in [1.54, 1.807) is 12.1 Å². The summed E-state index contributed by atoms with van der Waals surface area (Å²) in [6.07, 6.45) is -0.309. The molecule has 0 aliphatic carbocycles. The zero-order valence-corrected chi connectivity index (χ0v) is 15.2. The average molecular weight is 390 g/mol. The van der Waals surface area contributed by atoms with Gasteiger partial charge in [0, 0.05) is 17.0 Å². The SMILES string of the molecule is O=C(O)CCN(c1cccc2ccccc12)S(=O)(=O)c1ccc(Cl)cc1. The molecule has 0 aliphatic heterocycles. The highest BCUT2D eigenvalue weighted by atomic mass is 35.5. The van der Waals surface area contributed by atoms with Crippen molar-refractivity contribution < 1.29 is 18.3 Å². The van der Waals surface area contributed by atoms with Crippen LogP contribution in [0.5, 0.6) is 0 Å². The predicted molar refractivity (Wildman–Crippen MR) is 102 cm³/mol.